The molecule has 180 valence electrons. The summed E-state index contributed by atoms with van der Waals surface area (Å²) < 4.78 is 27.2. The van der Waals surface area contributed by atoms with E-state index in [-0.39, 0.29) is 59.5 Å². The molecule has 2 amide bonds. The van der Waals surface area contributed by atoms with Crippen LogP contribution in [-0.4, -0.2) is 53.3 Å². The molecule has 0 aliphatic carbocycles. The Balaban J connectivity index is 1.73. The number of morpholine rings is 1. The van der Waals surface area contributed by atoms with Crippen molar-refractivity contribution in [3.8, 4) is 0 Å². The number of piperidine rings is 1. The van der Waals surface area contributed by atoms with Gasteiger partial charge in [0.1, 0.15) is 5.41 Å². The zero-order valence-electron chi connectivity index (χ0n) is 19.4. The van der Waals surface area contributed by atoms with Crippen LogP contribution in [-0.2, 0) is 25.5 Å². The second-order valence-corrected chi connectivity index (χ2v) is 10.0. The lowest BCUT2D eigenvalue weighted by Crippen LogP contribution is -2.72. The van der Waals surface area contributed by atoms with Gasteiger partial charge in [-0.2, -0.15) is 0 Å². The van der Waals surface area contributed by atoms with E-state index in [0.717, 1.165) is 0 Å². The molecule has 3 aliphatic rings. The van der Waals surface area contributed by atoms with Gasteiger partial charge < -0.3 is 14.2 Å². The molecule has 9 nitrogen and oxygen atoms in total. The van der Waals surface area contributed by atoms with Crippen molar-refractivity contribution in [2.45, 2.75) is 65.2 Å². The van der Waals surface area contributed by atoms with Gasteiger partial charge in [0.2, 0.25) is 17.4 Å². The zero-order chi connectivity index (χ0) is 24.5. The molecular formula is C24H26FN3O6. The summed E-state index contributed by atoms with van der Waals surface area (Å²) in [7, 11) is 0. The first-order valence-corrected chi connectivity index (χ1v) is 11.5. The molecule has 1 N–H and O–H groups in total. The predicted octanol–water partition coefficient (Wildman–Crippen LogP) is 2.34. The van der Waals surface area contributed by atoms with E-state index in [4.69, 9.17) is 9.26 Å². The number of anilines is 1. The van der Waals surface area contributed by atoms with Gasteiger partial charge in [-0.3, -0.25) is 24.5 Å². The number of nitrogens with zero attached hydrogens (tertiary/aromatic N) is 2. The molecule has 5 rings (SSSR count). The van der Waals surface area contributed by atoms with E-state index in [0.29, 0.717) is 5.56 Å². The summed E-state index contributed by atoms with van der Waals surface area (Å²) in [6.07, 6.45) is -1.24. The van der Waals surface area contributed by atoms with Crippen molar-refractivity contribution in [2.24, 2.45) is 11.3 Å². The monoisotopic (exact) mass is 471 g/mol. The molecule has 0 bridgehead atoms. The number of benzene rings is 1. The number of nitrogens with one attached hydrogen (secondary N) is 1. The lowest BCUT2D eigenvalue weighted by molar-refractivity contribution is -0.158. The van der Waals surface area contributed by atoms with E-state index >= 15 is 4.39 Å². The Bertz CT molecular complexity index is 1230. The highest BCUT2D eigenvalue weighted by Gasteiger charge is 2.62. The van der Waals surface area contributed by atoms with Crippen LogP contribution in [0.2, 0.25) is 0 Å². The van der Waals surface area contributed by atoms with Gasteiger partial charge in [0, 0.05) is 13.0 Å². The SMILES string of the molecule is CC(C)CC(=O)c1noc2c(F)c3c(cc12)CC1(C(=O)CC(=O)NC1=O)[C@H]1[C@H](C)O[C@H](C)CN31. The van der Waals surface area contributed by atoms with Crippen LogP contribution in [0.3, 0.4) is 0 Å². The van der Waals surface area contributed by atoms with Gasteiger partial charge in [-0.05, 0) is 37.8 Å². The summed E-state index contributed by atoms with van der Waals surface area (Å²) in [5.41, 5.74) is -1.13. The van der Waals surface area contributed by atoms with Crippen molar-refractivity contribution < 1.29 is 32.8 Å². The summed E-state index contributed by atoms with van der Waals surface area (Å²) in [5, 5.41) is 6.38. The largest absolute Gasteiger partial charge is 0.372 e. The van der Waals surface area contributed by atoms with Crippen LogP contribution in [0.5, 0.6) is 0 Å². The number of halogens is 1. The third kappa shape index (κ3) is 3.11. The lowest BCUT2D eigenvalue weighted by atomic mass is 9.63. The van der Waals surface area contributed by atoms with Crippen molar-refractivity contribution >= 4 is 40.0 Å². The quantitative estimate of drug-likeness (QED) is 0.412. The number of fused-ring (bicyclic) bond motifs is 5. The van der Waals surface area contributed by atoms with Crippen LogP contribution in [0.1, 0.15) is 56.6 Å². The number of amides is 2. The second-order valence-electron chi connectivity index (χ2n) is 10.0. The average Bonchev–Trinajstić information content (AvgIpc) is 3.15. The minimum Gasteiger partial charge on any atom is -0.372 e. The molecule has 1 aromatic carbocycles. The number of Topliss-reactive ketones (excluding diaryl/α,β-unsaturated/α-hetero) is 2. The molecule has 2 fully saturated rings. The number of carbonyl (C=O) groups excluding carboxylic acids is 4. The predicted molar refractivity (Wildman–Crippen MR) is 118 cm³/mol. The maximum Gasteiger partial charge on any atom is 0.242 e. The van der Waals surface area contributed by atoms with Gasteiger partial charge in [0.25, 0.3) is 0 Å². The summed E-state index contributed by atoms with van der Waals surface area (Å²) in [4.78, 5) is 53.0. The summed E-state index contributed by atoms with van der Waals surface area (Å²) in [6.45, 7) is 7.58. The Morgan fingerprint density at radius 1 is 1.32 bits per heavy atom. The standard InChI is InChI=1S/C24H26FN3O6/c1-10(2)5-15(29)19-14-6-13-8-24(16(30)7-17(31)26-23(24)32)22-12(4)33-11(3)9-28(22)20(13)18(25)21(14)34-27-19/h6,10-12,22H,5,7-9H2,1-4H3,(H,26,31,32)/t11-,12+,22-,24?/m1/s1. The fourth-order valence-corrected chi connectivity index (χ4v) is 5.81. The van der Waals surface area contributed by atoms with Crippen LogP contribution < -0.4 is 10.2 Å². The van der Waals surface area contributed by atoms with Gasteiger partial charge in [-0.15, -0.1) is 0 Å². The summed E-state index contributed by atoms with van der Waals surface area (Å²) >= 11 is 0. The van der Waals surface area contributed by atoms with Crippen molar-refractivity contribution in [1.29, 1.82) is 0 Å². The molecule has 4 atom stereocenters. The molecule has 1 aromatic heterocycles. The molecule has 2 saturated heterocycles. The van der Waals surface area contributed by atoms with Gasteiger partial charge in [0.15, 0.2) is 23.1 Å². The number of ether oxygens (including phenoxy) is 1. The first-order valence-electron chi connectivity index (χ1n) is 11.5. The molecule has 0 saturated carbocycles. The normalized spacial score (nSPS) is 28.9. The van der Waals surface area contributed by atoms with E-state index < -0.39 is 47.4 Å². The van der Waals surface area contributed by atoms with E-state index in [1.807, 2.05) is 20.8 Å². The van der Waals surface area contributed by atoms with Crippen molar-refractivity contribution in [3.05, 3.63) is 23.1 Å². The minimum absolute atomic E-state index is 0.0277. The smallest absolute Gasteiger partial charge is 0.242 e. The number of rotatable bonds is 3. The van der Waals surface area contributed by atoms with E-state index in [1.54, 1.807) is 17.9 Å². The third-order valence-corrected chi connectivity index (χ3v) is 7.04. The number of hydrogen-bond acceptors (Lipinski definition) is 8. The molecule has 0 radical (unpaired) electrons. The Morgan fingerprint density at radius 3 is 2.74 bits per heavy atom. The van der Waals surface area contributed by atoms with Crippen LogP contribution in [0.15, 0.2) is 10.6 Å². The minimum atomic E-state index is -1.63. The molecule has 3 aliphatic heterocycles. The third-order valence-electron chi connectivity index (χ3n) is 7.04. The Morgan fingerprint density at radius 2 is 2.06 bits per heavy atom. The molecule has 10 heteroatoms. The average molecular weight is 471 g/mol. The fourth-order valence-electron chi connectivity index (χ4n) is 5.81. The molecule has 2 aromatic rings. The van der Waals surface area contributed by atoms with Crippen molar-refractivity contribution in [3.63, 3.8) is 0 Å². The molecule has 34 heavy (non-hydrogen) atoms. The molecule has 4 heterocycles. The van der Waals surface area contributed by atoms with Crippen LogP contribution in [0.4, 0.5) is 10.1 Å². The van der Waals surface area contributed by atoms with Crippen LogP contribution in [0.25, 0.3) is 11.0 Å². The number of hydrogen-bond donors (Lipinski definition) is 1. The second kappa shape index (κ2) is 7.69. The first-order chi connectivity index (χ1) is 16.0. The molecular weight excluding hydrogens is 445 g/mol. The Hall–Kier alpha value is -3.14. The van der Waals surface area contributed by atoms with E-state index in [1.165, 1.54) is 0 Å². The van der Waals surface area contributed by atoms with Crippen LogP contribution in [0, 0.1) is 17.2 Å². The highest BCUT2D eigenvalue weighted by atomic mass is 19.1. The maximum atomic E-state index is 16.0. The highest BCUT2D eigenvalue weighted by molar-refractivity contribution is 6.22. The fraction of sp³-hybridized carbons (Fsp3) is 0.542. The van der Waals surface area contributed by atoms with Gasteiger partial charge >= 0.3 is 0 Å². The number of imide groups is 1. The van der Waals surface area contributed by atoms with E-state index in [9.17, 15) is 19.2 Å². The van der Waals surface area contributed by atoms with Gasteiger partial charge in [-0.1, -0.05) is 19.0 Å². The maximum absolute atomic E-state index is 16.0. The number of aromatic nitrogens is 1. The number of carbonyl (C=O) groups is 4. The van der Waals surface area contributed by atoms with Crippen molar-refractivity contribution in [1.82, 2.24) is 10.5 Å². The molecule has 1 unspecified atom stereocenters. The lowest BCUT2D eigenvalue weighted by Gasteiger charge is -2.55. The highest BCUT2D eigenvalue weighted by Crippen LogP contribution is 2.50. The van der Waals surface area contributed by atoms with Gasteiger partial charge in [0.05, 0.1) is 35.7 Å². The molecule has 1 spiro atoms. The number of ketones is 2. The van der Waals surface area contributed by atoms with Gasteiger partial charge in [-0.25, -0.2) is 4.39 Å². The van der Waals surface area contributed by atoms with E-state index in [2.05, 4.69) is 10.5 Å². The first kappa shape index (κ1) is 22.6. The topological polar surface area (TPSA) is 119 Å². The zero-order valence-corrected chi connectivity index (χ0v) is 19.4. The Labute approximate surface area is 194 Å². The van der Waals surface area contributed by atoms with Crippen LogP contribution >= 0.6 is 0 Å². The van der Waals surface area contributed by atoms with Crippen molar-refractivity contribution in [2.75, 3.05) is 11.4 Å². The Kier molecular flexibility index (Phi) is 5.12. The summed E-state index contributed by atoms with van der Waals surface area (Å²) in [5.74, 6) is -2.78. The summed E-state index contributed by atoms with van der Waals surface area (Å²) in [6, 6.07) is 0.783.